The Balaban J connectivity index is 1.81. The zero-order valence-corrected chi connectivity index (χ0v) is 11.8. The molecule has 0 saturated heterocycles. The lowest BCUT2D eigenvalue weighted by atomic mass is 10.1. The van der Waals surface area contributed by atoms with Gasteiger partial charge in [-0.15, -0.1) is 0 Å². The number of fused-ring (bicyclic) bond motifs is 1. The maximum Gasteiger partial charge on any atom is 0.0928 e. The van der Waals surface area contributed by atoms with Crippen LogP contribution in [0.1, 0.15) is 12.0 Å². The summed E-state index contributed by atoms with van der Waals surface area (Å²) in [6.45, 7) is 2.41. The molecule has 1 aliphatic rings. The Bertz CT molecular complexity index is 357. The fraction of sp³-hybridized carbons (Fsp3) is 0.600. The molecule has 2 N–H and O–H groups in total. The van der Waals surface area contributed by atoms with Crippen LogP contribution >= 0.6 is 0 Å². The number of methoxy groups -OCH3 is 2. The summed E-state index contributed by atoms with van der Waals surface area (Å²) in [6.07, 6.45) is 2.38. The van der Waals surface area contributed by atoms with Crippen molar-refractivity contribution in [3.8, 4) is 0 Å². The Kier molecular flexibility index (Phi) is 5.63. The van der Waals surface area contributed by atoms with Crippen LogP contribution < -0.4 is 10.6 Å². The number of rotatable bonds is 6. The first-order valence-corrected chi connectivity index (χ1v) is 6.90. The topological polar surface area (TPSA) is 42.5 Å². The highest BCUT2D eigenvalue weighted by Gasteiger charge is 2.16. The smallest absolute Gasteiger partial charge is 0.0928 e. The van der Waals surface area contributed by atoms with Crippen LogP contribution in [0.5, 0.6) is 0 Å². The molecule has 1 aromatic carbocycles. The van der Waals surface area contributed by atoms with Gasteiger partial charge in [-0.3, -0.25) is 0 Å². The van der Waals surface area contributed by atoms with Crippen molar-refractivity contribution < 1.29 is 9.47 Å². The number of anilines is 1. The van der Waals surface area contributed by atoms with Crippen molar-refractivity contribution in [3.63, 3.8) is 0 Å². The maximum absolute atomic E-state index is 5.37. The molecule has 1 aromatic rings. The Morgan fingerprint density at radius 3 is 3.00 bits per heavy atom. The minimum Gasteiger partial charge on any atom is -0.383 e. The van der Waals surface area contributed by atoms with Crippen molar-refractivity contribution in [2.75, 3.05) is 39.2 Å². The van der Waals surface area contributed by atoms with E-state index in [1.165, 1.54) is 11.3 Å². The quantitative estimate of drug-likeness (QED) is 0.820. The largest absolute Gasteiger partial charge is 0.383 e. The fourth-order valence-electron chi connectivity index (χ4n) is 2.44. The predicted molar refractivity (Wildman–Crippen MR) is 77.7 cm³/mol. The molecule has 0 aromatic heterocycles. The highest BCUT2D eigenvalue weighted by atomic mass is 16.5. The fourth-order valence-corrected chi connectivity index (χ4v) is 2.44. The average molecular weight is 264 g/mol. The number of para-hydroxylation sites is 1. The van der Waals surface area contributed by atoms with Gasteiger partial charge in [0.1, 0.15) is 0 Å². The lowest BCUT2D eigenvalue weighted by Gasteiger charge is -2.21. The van der Waals surface area contributed by atoms with Crippen LogP contribution in [0.2, 0.25) is 0 Å². The normalized spacial score (nSPS) is 20.2. The maximum atomic E-state index is 5.37. The lowest BCUT2D eigenvalue weighted by Crippen LogP contribution is -2.41. The Morgan fingerprint density at radius 2 is 2.21 bits per heavy atom. The zero-order chi connectivity index (χ0) is 13.5. The summed E-state index contributed by atoms with van der Waals surface area (Å²) in [7, 11) is 3.43. The first kappa shape index (κ1) is 14.3. The third kappa shape index (κ3) is 4.20. The monoisotopic (exact) mass is 264 g/mol. The minimum absolute atomic E-state index is 0.121. The van der Waals surface area contributed by atoms with Crippen molar-refractivity contribution in [1.29, 1.82) is 0 Å². The van der Waals surface area contributed by atoms with E-state index in [4.69, 9.17) is 9.47 Å². The number of hydrogen-bond donors (Lipinski definition) is 2. The molecule has 0 bridgehead atoms. The highest BCUT2D eigenvalue weighted by Crippen LogP contribution is 2.20. The van der Waals surface area contributed by atoms with Gasteiger partial charge in [0.25, 0.3) is 0 Å². The standard InChI is InChI=1S/C15H24N2O2/c1-18-11-14(19-2)10-16-13-8-7-12-5-3-4-6-15(12)17-9-13/h3-6,13-14,16-17H,7-11H2,1-2H3. The zero-order valence-electron chi connectivity index (χ0n) is 11.8. The molecule has 1 aliphatic heterocycles. The second-order valence-corrected chi connectivity index (χ2v) is 4.99. The highest BCUT2D eigenvalue weighted by molar-refractivity contribution is 5.52. The molecule has 2 unspecified atom stereocenters. The van der Waals surface area contributed by atoms with Gasteiger partial charge in [-0.05, 0) is 24.5 Å². The minimum atomic E-state index is 0.121. The summed E-state index contributed by atoms with van der Waals surface area (Å²) in [5.41, 5.74) is 2.68. The van der Waals surface area contributed by atoms with E-state index in [1.54, 1.807) is 14.2 Å². The van der Waals surface area contributed by atoms with E-state index in [9.17, 15) is 0 Å². The van der Waals surface area contributed by atoms with E-state index in [1.807, 2.05) is 0 Å². The van der Waals surface area contributed by atoms with E-state index in [-0.39, 0.29) is 6.10 Å². The number of nitrogens with one attached hydrogen (secondary N) is 2. The van der Waals surface area contributed by atoms with Gasteiger partial charge in [-0.25, -0.2) is 0 Å². The summed E-state index contributed by atoms with van der Waals surface area (Å²) >= 11 is 0. The predicted octanol–water partition coefficient (Wildman–Crippen LogP) is 1.66. The molecular formula is C15H24N2O2. The van der Waals surface area contributed by atoms with Gasteiger partial charge in [0.15, 0.2) is 0 Å². The van der Waals surface area contributed by atoms with Crippen molar-refractivity contribution in [2.24, 2.45) is 0 Å². The summed E-state index contributed by atoms with van der Waals surface area (Å²) in [6, 6.07) is 9.02. The Hall–Kier alpha value is -1.10. The third-order valence-electron chi connectivity index (χ3n) is 3.64. The molecule has 106 valence electrons. The molecule has 0 radical (unpaired) electrons. The molecule has 0 spiro atoms. The van der Waals surface area contributed by atoms with Crippen LogP contribution in [-0.2, 0) is 15.9 Å². The van der Waals surface area contributed by atoms with Crippen LogP contribution in [0.25, 0.3) is 0 Å². The van der Waals surface area contributed by atoms with Gasteiger partial charge in [-0.2, -0.15) is 0 Å². The molecule has 0 amide bonds. The van der Waals surface area contributed by atoms with Crippen LogP contribution in [0.3, 0.4) is 0 Å². The summed E-state index contributed by atoms with van der Waals surface area (Å²) in [4.78, 5) is 0. The average Bonchev–Trinajstić information content (AvgIpc) is 2.66. The van der Waals surface area contributed by atoms with E-state index in [0.29, 0.717) is 12.6 Å². The summed E-state index contributed by atoms with van der Waals surface area (Å²) in [5.74, 6) is 0. The molecule has 4 nitrogen and oxygen atoms in total. The molecule has 0 saturated carbocycles. The lowest BCUT2D eigenvalue weighted by molar-refractivity contribution is 0.0274. The second kappa shape index (κ2) is 7.48. The van der Waals surface area contributed by atoms with Crippen molar-refractivity contribution >= 4 is 5.69 Å². The van der Waals surface area contributed by atoms with Crippen LogP contribution in [-0.4, -0.2) is 46.1 Å². The van der Waals surface area contributed by atoms with Crippen LogP contribution in [0, 0.1) is 0 Å². The van der Waals surface area contributed by atoms with Gasteiger partial charge >= 0.3 is 0 Å². The van der Waals surface area contributed by atoms with Crippen LogP contribution in [0.15, 0.2) is 24.3 Å². The van der Waals surface area contributed by atoms with E-state index < -0.39 is 0 Å². The molecule has 19 heavy (non-hydrogen) atoms. The van der Waals surface area contributed by atoms with E-state index in [2.05, 4.69) is 34.9 Å². The van der Waals surface area contributed by atoms with Gasteiger partial charge < -0.3 is 20.1 Å². The van der Waals surface area contributed by atoms with E-state index in [0.717, 1.165) is 25.9 Å². The number of benzene rings is 1. The molecule has 2 atom stereocenters. The van der Waals surface area contributed by atoms with Gasteiger partial charge in [0.2, 0.25) is 0 Å². The van der Waals surface area contributed by atoms with Gasteiger partial charge in [0, 0.05) is 39.0 Å². The van der Waals surface area contributed by atoms with E-state index >= 15 is 0 Å². The van der Waals surface area contributed by atoms with Crippen molar-refractivity contribution in [2.45, 2.75) is 25.0 Å². The molecular weight excluding hydrogens is 240 g/mol. The number of aryl methyl sites for hydroxylation is 1. The van der Waals surface area contributed by atoms with Gasteiger partial charge in [-0.1, -0.05) is 18.2 Å². The van der Waals surface area contributed by atoms with Crippen molar-refractivity contribution in [1.82, 2.24) is 5.32 Å². The second-order valence-electron chi connectivity index (χ2n) is 4.99. The molecule has 4 heteroatoms. The molecule has 0 fully saturated rings. The molecule has 0 aliphatic carbocycles. The Labute approximate surface area is 115 Å². The first-order valence-electron chi connectivity index (χ1n) is 6.90. The van der Waals surface area contributed by atoms with Crippen LogP contribution in [0.4, 0.5) is 5.69 Å². The summed E-state index contributed by atoms with van der Waals surface area (Å²) < 4.78 is 10.5. The number of hydrogen-bond acceptors (Lipinski definition) is 4. The molecule has 1 heterocycles. The summed E-state index contributed by atoms with van der Waals surface area (Å²) in [5, 5.41) is 7.08. The Morgan fingerprint density at radius 1 is 1.37 bits per heavy atom. The third-order valence-corrected chi connectivity index (χ3v) is 3.64. The molecule has 2 rings (SSSR count). The first-order chi connectivity index (χ1) is 9.33. The number of ether oxygens (including phenoxy) is 2. The van der Waals surface area contributed by atoms with Crippen molar-refractivity contribution in [3.05, 3.63) is 29.8 Å². The SMILES string of the molecule is COCC(CNC1CCc2ccccc2NC1)OC. The van der Waals surface area contributed by atoms with Gasteiger partial charge in [0.05, 0.1) is 12.7 Å².